The van der Waals surface area contributed by atoms with Gasteiger partial charge in [-0.05, 0) is 36.3 Å². The first-order valence-electron chi connectivity index (χ1n) is 9.67. The lowest BCUT2D eigenvalue weighted by Gasteiger charge is -2.32. The number of amides is 1. The van der Waals surface area contributed by atoms with Crippen LogP contribution in [0.1, 0.15) is 64.2 Å². The Kier molecular flexibility index (Phi) is 6.79. The Morgan fingerprint density at radius 1 is 1.31 bits per heavy atom. The van der Waals surface area contributed by atoms with E-state index in [1.807, 2.05) is 17.0 Å². The van der Waals surface area contributed by atoms with Crippen molar-refractivity contribution in [1.29, 1.82) is 0 Å². The van der Waals surface area contributed by atoms with Crippen LogP contribution in [0.2, 0.25) is 0 Å². The van der Waals surface area contributed by atoms with Gasteiger partial charge in [0.05, 0.1) is 5.56 Å². The van der Waals surface area contributed by atoms with Gasteiger partial charge in [0.15, 0.2) is 0 Å². The maximum atomic E-state index is 12.8. The summed E-state index contributed by atoms with van der Waals surface area (Å²) in [4.78, 5) is 31.3. The molecule has 5 nitrogen and oxygen atoms in total. The summed E-state index contributed by atoms with van der Waals surface area (Å²) in [5, 5.41) is 3.29. The molecule has 1 aromatic heterocycles. The number of nitrogens with zero attached hydrogens (tertiary/aromatic N) is 2. The summed E-state index contributed by atoms with van der Waals surface area (Å²) in [6, 6.07) is 3.67. The van der Waals surface area contributed by atoms with Gasteiger partial charge in [0, 0.05) is 38.2 Å². The van der Waals surface area contributed by atoms with Crippen molar-refractivity contribution in [2.75, 3.05) is 25.0 Å². The van der Waals surface area contributed by atoms with Crippen LogP contribution in [0.3, 0.4) is 0 Å². The molecule has 0 radical (unpaired) electrons. The molecule has 0 spiro atoms. The minimum Gasteiger partial charge on any atom is -0.370 e. The maximum absolute atomic E-state index is 12.8. The van der Waals surface area contributed by atoms with Crippen LogP contribution in [0.4, 0.5) is 5.82 Å². The van der Waals surface area contributed by atoms with Crippen LogP contribution >= 0.6 is 0 Å². The SMILES string of the molecule is CC(C)CC(=O)[C@H]1CCCN(C(=O)c2ccc(NCC(C)(C)C)nc2)C1. The van der Waals surface area contributed by atoms with E-state index in [1.165, 1.54) is 0 Å². The second-order valence-electron chi connectivity index (χ2n) is 9.00. The number of nitrogens with one attached hydrogen (secondary N) is 1. The number of carbonyl (C=O) groups is 2. The lowest BCUT2D eigenvalue weighted by molar-refractivity contribution is -0.124. The topological polar surface area (TPSA) is 62.3 Å². The van der Waals surface area contributed by atoms with Gasteiger partial charge in [-0.2, -0.15) is 0 Å². The average Bonchev–Trinajstić information content (AvgIpc) is 2.59. The summed E-state index contributed by atoms with van der Waals surface area (Å²) >= 11 is 0. The zero-order valence-electron chi connectivity index (χ0n) is 16.8. The number of piperidine rings is 1. The van der Waals surface area contributed by atoms with E-state index >= 15 is 0 Å². The van der Waals surface area contributed by atoms with Crippen molar-refractivity contribution < 1.29 is 9.59 Å². The zero-order valence-corrected chi connectivity index (χ0v) is 16.8. The predicted molar refractivity (Wildman–Crippen MR) is 105 cm³/mol. The minimum absolute atomic E-state index is 0.0178. The number of pyridine rings is 1. The molecule has 2 rings (SSSR count). The van der Waals surface area contributed by atoms with Gasteiger partial charge in [0.25, 0.3) is 5.91 Å². The molecule has 0 unspecified atom stereocenters. The van der Waals surface area contributed by atoms with Crippen LogP contribution in [0.5, 0.6) is 0 Å². The average molecular weight is 360 g/mol. The number of anilines is 1. The summed E-state index contributed by atoms with van der Waals surface area (Å²) in [5.74, 6) is 1.39. The summed E-state index contributed by atoms with van der Waals surface area (Å²) < 4.78 is 0. The highest BCUT2D eigenvalue weighted by atomic mass is 16.2. The number of likely N-dealkylation sites (tertiary alicyclic amines) is 1. The fraction of sp³-hybridized carbons (Fsp3) is 0.667. The van der Waals surface area contributed by atoms with Gasteiger partial charge < -0.3 is 10.2 Å². The van der Waals surface area contributed by atoms with Crippen LogP contribution in [-0.2, 0) is 4.79 Å². The smallest absolute Gasteiger partial charge is 0.255 e. The second kappa shape index (κ2) is 8.65. The fourth-order valence-corrected chi connectivity index (χ4v) is 3.16. The monoisotopic (exact) mass is 359 g/mol. The number of hydrogen-bond acceptors (Lipinski definition) is 4. The third-order valence-corrected chi connectivity index (χ3v) is 4.58. The number of carbonyl (C=O) groups excluding carboxylic acids is 2. The Hall–Kier alpha value is -1.91. The van der Waals surface area contributed by atoms with Gasteiger partial charge in [0.2, 0.25) is 0 Å². The van der Waals surface area contributed by atoms with Crippen molar-refractivity contribution in [3.05, 3.63) is 23.9 Å². The number of Topliss-reactive ketones (excluding diaryl/α,β-unsaturated/α-hetero) is 1. The number of ketones is 1. The number of rotatable bonds is 6. The Bertz CT molecular complexity index is 617. The summed E-state index contributed by atoms with van der Waals surface area (Å²) in [5.41, 5.74) is 0.755. The molecule has 5 heteroatoms. The third kappa shape index (κ3) is 6.11. The molecule has 1 N–H and O–H groups in total. The largest absolute Gasteiger partial charge is 0.370 e. The van der Waals surface area contributed by atoms with E-state index in [2.05, 4.69) is 44.9 Å². The lowest BCUT2D eigenvalue weighted by atomic mass is 9.89. The Balaban J connectivity index is 1.96. The first-order valence-corrected chi connectivity index (χ1v) is 9.67. The third-order valence-electron chi connectivity index (χ3n) is 4.58. The van der Waals surface area contributed by atoms with E-state index in [0.717, 1.165) is 25.2 Å². The summed E-state index contributed by atoms with van der Waals surface area (Å²) in [6.45, 7) is 12.7. The summed E-state index contributed by atoms with van der Waals surface area (Å²) in [6.07, 6.45) is 4.01. The molecule has 0 saturated carbocycles. The second-order valence-corrected chi connectivity index (χ2v) is 9.00. The highest BCUT2D eigenvalue weighted by Crippen LogP contribution is 2.22. The highest BCUT2D eigenvalue weighted by molar-refractivity contribution is 5.94. The van der Waals surface area contributed by atoms with E-state index in [0.29, 0.717) is 31.0 Å². The molecule has 0 bridgehead atoms. The Morgan fingerprint density at radius 3 is 2.62 bits per heavy atom. The van der Waals surface area contributed by atoms with E-state index in [-0.39, 0.29) is 23.0 Å². The maximum Gasteiger partial charge on any atom is 0.255 e. The van der Waals surface area contributed by atoms with Crippen molar-refractivity contribution >= 4 is 17.5 Å². The first-order chi connectivity index (χ1) is 12.2. The molecule has 1 aromatic rings. The zero-order chi connectivity index (χ0) is 19.3. The van der Waals surface area contributed by atoms with E-state index in [4.69, 9.17) is 0 Å². The molecule has 0 aromatic carbocycles. The molecule has 1 aliphatic rings. The van der Waals surface area contributed by atoms with Crippen molar-refractivity contribution in [2.45, 2.75) is 53.9 Å². The fourth-order valence-electron chi connectivity index (χ4n) is 3.16. The molecule has 26 heavy (non-hydrogen) atoms. The van der Waals surface area contributed by atoms with Crippen molar-refractivity contribution in [2.24, 2.45) is 17.3 Å². The molecule has 1 aliphatic heterocycles. The normalized spacial score (nSPS) is 18.1. The Labute approximate surface area is 157 Å². The van der Waals surface area contributed by atoms with Crippen LogP contribution in [0, 0.1) is 17.3 Å². The van der Waals surface area contributed by atoms with Crippen molar-refractivity contribution in [1.82, 2.24) is 9.88 Å². The molecule has 0 aliphatic carbocycles. The van der Waals surface area contributed by atoms with E-state index < -0.39 is 0 Å². The number of hydrogen-bond donors (Lipinski definition) is 1. The van der Waals surface area contributed by atoms with Gasteiger partial charge in [-0.3, -0.25) is 9.59 Å². The molecule has 144 valence electrons. The predicted octanol–water partition coefficient (Wildman–Crippen LogP) is 4.01. The van der Waals surface area contributed by atoms with Crippen molar-refractivity contribution in [3.8, 4) is 0 Å². The van der Waals surface area contributed by atoms with Gasteiger partial charge in [-0.15, -0.1) is 0 Å². The molecular weight excluding hydrogens is 326 g/mol. The molecule has 1 saturated heterocycles. The molecule has 1 fully saturated rings. The quantitative estimate of drug-likeness (QED) is 0.834. The molecule has 2 heterocycles. The van der Waals surface area contributed by atoms with Gasteiger partial charge in [-0.25, -0.2) is 4.98 Å². The van der Waals surface area contributed by atoms with Crippen molar-refractivity contribution in [3.63, 3.8) is 0 Å². The number of aromatic nitrogens is 1. The molecule has 1 amide bonds. The highest BCUT2D eigenvalue weighted by Gasteiger charge is 2.29. The Morgan fingerprint density at radius 2 is 2.04 bits per heavy atom. The van der Waals surface area contributed by atoms with Gasteiger partial charge >= 0.3 is 0 Å². The van der Waals surface area contributed by atoms with Crippen LogP contribution in [0.15, 0.2) is 18.3 Å². The molecule has 1 atom stereocenters. The van der Waals surface area contributed by atoms with Crippen LogP contribution in [-0.4, -0.2) is 41.2 Å². The van der Waals surface area contributed by atoms with Crippen LogP contribution in [0.25, 0.3) is 0 Å². The lowest BCUT2D eigenvalue weighted by Crippen LogP contribution is -2.42. The van der Waals surface area contributed by atoms with Gasteiger partial charge in [-0.1, -0.05) is 34.6 Å². The summed E-state index contributed by atoms with van der Waals surface area (Å²) in [7, 11) is 0. The first kappa shape index (κ1) is 20.4. The van der Waals surface area contributed by atoms with Crippen LogP contribution < -0.4 is 5.32 Å². The van der Waals surface area contributed by atoms with Gasteiger partial charge in [0.1, 0.15) is 11.6 Å². The van der Waals surface area contributed by atoms with E-state index in [1.54, 1.807) is 6.20 Å². The minimum atomic E-state index is -0.0260. The standard InChI is InChI=1S/C21H33N3O2/c1-15(2)11-18(25)17-7-6-10-24(13-17)20(26)16-8-9-19(22-12-16)23-14-21(3,4)5/h8-9,12,15,17H,6-7,10-11,13-14H2,1-5H3,(H,22,23)/t17-/m0/s1. The van der Waals surface area contributed by atoms with E-state index in [9.17, 15) is 9.59 Å². The molecular formula is C21H33N3O2.